The lowest BCUT2D eigenvalue weighted by Gasteiger charge is -2.43. The molecule has 1 saturated carbocycles. The maximum Gasteiger partial charge on any atom is 0.0697 e. The number of nitrogens with one attached hydrogen (secondary N) is 1. The number of hydrogen-bond acceptors (Lipinski definition) is 3. The topological polar surface area (TPSA) is 21.3 Å². The minimum absolute atomic E-state index is 0.256. The van der Waals surface area contributed by atoms with Gasteiger partial charge in [0.25, 0.3) is 0 Å². The predicted octanol–water partition coefficient (Wildman–Crippen LogP) is 3.60. The first-order chi connectivity index (χ1) is 8.85. The normalized spacial score (nSPS) is 27.5. The molecule has 0 aromatic rings. The molecule has 1 atom stereocenters. The number of thioether (sulfide) groups is 1. The van der Waals surface area contributed by atoms with E-state index in [0.717, 1.165) is 6.61 Å². The second kappa shape index (κ2) is 7.76. The molecule has 18 heavy (non-hydrogen) atoms. The first kappa shape index (κ1) is 14.7. The van der Waals surface area contributed by atoms with E-state index in [9.17, 15) is 0 Å². The van der Waals surface area contributed by atoms with Crippen molar-refractivity contribution in [3.05, 3.63) is 0 Å². The Morgan fingerprint density at radius 1 is 1.28 bits per heavy atom. The fourth-order valence-corrected chi connectivity index (χ4v) is 4.01. The van der Waals surface area contributed by atoms with Gasteiger partial charge in [0.15, 0.2) is 0 Å². The van der Waals surface area contributed by atoms with Gasteiger partial charge in [-0.15, -0.1) is 0 Å². The Balaban J connectivity index is 1.66. The molecule has 2 rings (SSSR count). The maximum atomic E-state index is 6.14. The van der Waals surface area contributed by atoms with Gasteiger partial charge in [0.1, 0.15) is 0 Å². The van der Waals surface area contributed by atoms with E-state index < -0.39 is 0 Å². The van der Waals surface area contributed by atoms with Gasteiger partial charge in [-0.25, -0.2) is 0 Å². The van der Waals surface area contributed by atoms with Gasteiger partial charge in [0.05, 0.1) is 5.60 Å². The van der Waals surface area contributed by atoms with Crippen LogP contribution in [0, 0.1) is 0 Å². The molecule has 0 aromatic carbocycles. The zero-order valence-corrected chi connectivity index (χ0v) is 12.7. The molecule has 0 radical (unpaired) electrons. The van der Waals surface area contributed by atoms with E-state index in [1.54, 1.807) is 0 Å². The molecule has 2 aliphatic rings. The summed E-state index contributed by atoms with van der Waals surface area (Å²) < 4.78 is 6.14. The van der Waals surface area contributed by atoms with Gasteiger partial charge < -0.3 is 10.1 Å². The SMILES string of the molecule is CCSCCCNC1CCOC2(CCCCC2)C1. The average molecular weight is 271 g/mol. The molecule has 1 unspecified atom stereocenters. The van der Waals surface area contributed by atoms with Gasteiger partial charge >= 0.3 is 0 Å². The van der Waals surface area contributed by atoms with Crippen LogP contribution in [0.2, 0.25) is 0 Å². The summed E-state index contributed by atoms with van der Waals surface area (Å²) in [7, 11) is 0. The molecule has 3 heteroatoms. The zero-order valence-electron chi connectivity index (χ0n) is 11.9. The fraction of sp³-hybridized carbons (Fsp3) is 1.00. The standard InChI is InChI=1S/C15H29NOS/c1-2-18-12-6-10-16-14-7-11-17-15(13-14)8-4-3-5-9-15/h14,16H,2-13H2,1H3. The smallest absolute Gasteiger partial charge is 0.0697 e. The Hall–Kier alpha value is 0.270. The molecular formula is C15H29NOS. The van der Waals surface area contributed by atoms with Gasteiger partial charge in [0, 0.05) is 12.6 Å². The first-order valence-electron chi connectivity index (χ1n) is 7.80. The lowest BCUT2D eigenvalue weighted by molar-refractivity contribution is -0.109. The second-order valence-corrected chi connectivity index (χ2v) is 7.18. The van der Waals surface area contributed by atoms with Crippen molar-refractivity contribution in [1.82, 2.24) is 5.32 Å². The van der Waals surface area contributed by atoms with Crippen LogP contribution in [0.4, 0.5) is 0 Å². The lowest BCUT2D eigenvalue weighted by atomic mass is 9.78. The summed E-state index contributed by atoms with van der Waals surface area (Å²) in [5, 5.41) is 3.76. The first-order valence-corrected chi connectivity index (χ1v) is 8.95. The molecule has 0 amide bonds. The zero-order chi connectivity index (χ0) is 12.7. The predicted molar refractivity (Wildman–Crippen MR) is 80.4 cm³/mol. The van der Waals surface area contributed by atoms with Crippen molar-refractivity contribution in [3.63, 3.8) is 0 Å². The number of rotatable bonds is 6. The highest BCUT2D eigenvalue weighted by atomic mass is 32.2. The van der Waals surface area contributed by atoms with Crippen molar-refractivity contribution >= 4 is 11.8 Å². The van der Waals surface area contributed by atoms with Crippen molar-refractivity contribution < 1.29 is 4.74 Å². The molecule has 1 aliphatic carbocycles. The summed E-state index contributed by atoms with van der Waals surface area (Å²) in [4.78, 5) is 0. The van der Waals surface area contributed by atoms with E-state index in [4.69, 9.17) is 4.74 Å². The summed E-state index contributed by atoms with van der Waals surface area (Å²) in [6.45, 7) is 4.40. The maximum absolute atomic E-state index is 6.14. The van der Waals surface area contributed by atoms with Crippen LogP contribution in [0.3, 0.4) is 0 Å². The molecular weight excluding hydrogens is 242 g/mol. The minimum Gasteiger partial charge on any atom is -0.375 e. The minimum atomic E-state index is 0.256. The van der Waals surface area contributed by atoms with Crippen molar-refractivity contribution in [3.8, 4) is 0 Å². The summed E-state index contributed by atoms with van der Waals surface area (Å²) in [6.07, 6.45) is 10.5. The molecule has 0 aromatic heterocycles. The molecule has 2 fully saturated rings. The average Bonchev–Trinajstić information content (AvgIpc) is 2.40. The van der Waals surface area contributed by atoms with Crippen molar-refractivity contribution in [2.75, 3.05) is 24.7 Å². The van der Waals surface area contributed by atoms with Crippen LogP contribution < -0.4 is 5.32 Å². The molecule has 106 valence electrons. The van der Waals surface area contributed by atoms with E-state index >= 15 is 0 Å². The van der Waals surface area contributed by atoms with E-state index in [2.05, 4.69) is 24.0 Å². The monoisotopic (exact) mass is 271 g/mol. The van der Waals surface area contributed by atoms with Crippen LogP contribution in [0.15, 0.2) is 0 Å². The highest BCUT2D eigenvalue weighted by Crippen LogP contribution is 2.38. The van der Waals surface area contributed by atoms with Crippen molar-refractivity contribution in [1.29, 1.82) is 0 Å². The summed E-state index contributed by atoms with van der Waals surface area (Å²) >= 11 is 2.05. The van der Waals surface area contributed by atoms with Gasteiger partial charge in [-0.1, -0.05) is 26.2 Å². The van der Waals surface area contributed by atoms with E-state index in [0.29, 0.717) is 6.04 Å². The van der Waals surface area contributed by atoms with E-state index in [1.165, 1.54) is 69.4 Å². The Labute approximate surface area is 117 Å². The summed E-state index contributed by atoms with van der Waals surface area (Å²) in [6, 6.07) is 0.712. The third-order valence-electron chi connectivity index (χ3n) is 4.36. The van der Waals surface area contributed by atoms with Crippen LogP contribution >= 0.6 is 11.8 Å². The van der Waals surface area contributed by atoms with Crippen LogP contribution in [-0.2, 0) is 4.74 Å². The third-order valence-corrected chi connectivity index (χ3v) is 5.35. The molecule has 0 bridgehead atoms. The van der Waals surface area contributed by atoms with Crippen LogP contribution in [-0.4, -0.2) is 36.3 Å². The largest absolute Gasteiger partial charge is 0.375 e. The Morgan fingerprint density at radius 2 is 2.11 bits per heavy atom. The molecule has 1 saturated heterocycles. The lowest BCUT2D eigenvalue weighted by Crippen LogP contribution is -2.48. The number of ether oxygens (including phenoxy) is 1. The van der Waals surface area contributed by atoms with Crippen molar-refractivity contribution in [2.45, 2.75) is 69.9 Å². The Bertz CT molecular complexity index is 223. The van der Waals surface area contributed by atoms with Gasteiger partial charge in [-0.2, -0.15) is 11.8 Å². The molecule has 1 N–H and O–H groups in total. The summed E-state index contributed by atoms with van der Waals surface area (Å²) in [5.74, 6) is 2.55. The van der Waals surface area contributed by atoms with E-state index in [1.807, 2.05) is 0 Å². The second-order valence-electron chi connectivity index (χ2n) is 5.79. The fourth-order valence-electron chi connectivity index (χ4n) is 3.37. The number of hydrogen-bond donors (Lipinski definition) is 1. The van der Waals surface area contributed by atoms with Crippen molar-refractivity contribution in [2.24, 2.45) is 0 Å². The molecule has 1 spiro atoms. The van der Waals surface area contributed by atoms with Gasteiger partial charge in [-0.05, 0) is 50.2 Å². The quantitative estimate of drug-likeness (QED) is 0.746. The highest BCUT2D eigenvalue weighted by Gasteiger charge is 2.38. The van der Waals surface area contributed by atoms with Crippen LogP contribution in [0.25, 0.3) is 0 Å². The Kier molecular flexibility index (Phi) is 6.33. The Morgan fingerprint density at radius 3 is 2.89 bits per heavy atom. The van der Waals surface area contributed by atoms with Crippen LogP contribution in [0.1, 0.15) is 58.3 Å². The summed E-state index contributed by atoms with van der Waals surface area (Å²) in [5.41, 5.74) is 0.256. The molecule has 2 nitrogen and oxygen atoms in total. The molecule has 1 aliphatic heterocycles. The van der Waals surface area contributed by atoms with E-state index in [-0.39, 0.29) is 5.60 Å². The third kappa shape index (κ3) is 4.43. The van der Waals surface area contributed by atoms with Gasteiger partial charge in [-0.3, -0.25) is 0 Å². The van der Waals surface area contributed by atoms with Gasteiger partial charge in [0.2, 0.25) is 0 Å². The molecule has 1 heterocycles. The van der Waals surface area contributed by atoms with Crippen LogP contribution in [0.5, 0.6) is 0 Å². The highest BCUT2D eigenvalue weighted by molar-refractivity contribution is 7.99.